The van der Waals surface area contributed by atoms with Crippen molar-refractivity contribution in [2.45, 2.75) is 44.9 Å². The Morgan fingerprint density at radius 2 is 1.44 bits per heavy atom. The Morgan fingerprint density at radius 1 is 0.750 bits per heavy atom. The van der Waals surface area contributed by atoms with Crippen molar-refractivity contribution in [3.05, 3.63) is 56.0 Å². The lowest BCUT2D eigenvalue weighted by Crippen LogP contribution is -1.75. The van der Waals surface area contributed by atoms with Crippen molar-refractivity contribution in [1.29, 1.82) is 0 Å². The lowest BCUT2D eigenvalue weighted by Gasteiger charge is -1.95. The molecule has 0 spiro atoms. The maximum atomic E-state index is 3.84. The standard InChI is InChI=1S/C16H25/c1-3-5-7-9-11-13-15-16-14-12-10-8-6-4-2/h3,5,7,11,13,15-16H,1-2,4,6,8-10,12,14H2/b7-5+,13-11+,16-15+. The predicted octanol–water partition coefficient (Wildman–Crippen LogP) is 5.41. The van der Waals surface area contributed by atoms with E-state index in [2.05, 4.69) is 43.9 Å². The molecule has 0 N–H and O–H groups in total. The van der Waals surface area contributed by atoms with Crippen molar-refractivity contribution < 1.29 is 0 Å². The van der Waals surface area contributed by atoms with Gasteiger partial charge in [0.25, 0.3) is 0 Å². The number of hydrogen-bond acceptors (Lipinski definition) is 0. The first-order valence-electron chi connectivity index (χ1n) is 6.30. The number of hydrogen-bond donors (Lipinski definition) is 0. The van der Waals surface area contributed by atoms with E-state index in [1.54, 1.807) is 6.08 Å². The summed E-state index contributed by atoms with van der Waals surface area (Å²) in [4.78, 5) is 0. The van der Waals surface area contributed by atoms with Gasteiger partial charge in [-0.1, -0.05) is 81.7 Å². The van der Waals surface area contributed by atoms with E-state index in [1.807, 2.05) is 6.08 Å². The van der Waals surface area contributed by atoms with Crippen LogP contribution in [0.1, 0.15) is 44.9 Å². The second kappa shape index (κ2) is 14.0. The first-order chi connectivity index (χ1) is 7.91. The lowest BCUT2D eigenvalue weighted by atomic mass is 10.1. The highest BCUT2D eigenvalue weighted by molar-refractivity contribution is 5.06. The van der Waals surface area contributed by atoms with Gasteiger partial charge in [-0.3, -0.25) is 0 Å². The monoisotopic (exact) mass is 217 g/mol. The average molecular weight is 217 g/mol. The van der Waals surface area contributed by atoms with Gasteiger partial charge >= 0.3 is 0 Å². The van der Waals surface area contributed by atoms with Crippen LogP contribution >= 0.6 is 0 Å². The van der Waals surface area contributed by atoms with E-state index in [9.17, 15) is 0 Å². The summed E-state index contributed by atoms with van der Waals surface area (Å²) >= 11 is 0. The second-order valence-electron chi connectivity index (χ2n) is 3.81. The van der Waals surface area contributed by atoms with Gasteiger partial charge in [0.1, 0.15) is 0 Å². The summed E-state index contributed by atoms with van der Waals surface area (Å²) in [6.45, 7) is 7.46. The zero-order chi connectivity index (χ0) is 11.9. The molecule has 0 bridgehead atoms. The molecule has 0 unspecified atom stereocenters. The third kappa shape index (κ3) is 13.0. The van der Waals surface area contributed by atoms with Crippen molar-refractivity contribution in [2.24, 2.45) is 0 Å². The average Bonchev–Trinajstić information content (AvgIpc) is 2.31. The first-order valence-corrected chi connectivity index (χ1v) is 6.30. The lowest BCUT2D eigenvalue weighted by molar-refractivity contribution is 0.651. The fraction of sp³-hybridized carbons (Fsp3) is 0.438. The van der Waals surface area contributed by atoms with Crippen LogP contribution in [-0.2, 0) is 0 Å². The van der Waals surface area contributed by atoms with E-state index in [-0.39, 0.29) is 0 Å². The number of rotatable bonds is 10. The number of allylic oxidation sites excluding steroid dienone is 7. The number of unbranched alkanes of at least 4 members (excludes halogenated alkanes) is 5. The molecule has 0 fully saturated rings. The van der Waals surface area contributed by atoms with Crippen molar-refractivity contribution in [1.82, 2.24) is 0 Å². The van der Waals surface area contributed by atoms with Gasteiger partial charge in [0.05, 0.1) is 0 Å². The molecule has 0 saturated heterocycles. The molecule has 0 heterocycles. The third-order valence-electron chi connectivity index (χ3n) is 2.30. The molecule has 0 aromatic rings. The molecule has 1 radical (unpaired) electrons. The van der Waals surface area contributed by atoms with E-state index in [0.29, 0.717) is 0 Å². The van der Waals surface area contributed by atoms with E-state index in [1.165, 1.54) is 32.1 Å². The molecule has 0 amide bonds. The molecule has 0 atom stereocenters. The molecule has 0 saturated carbocycles. The van der Waals surface area contributed by atoms with E-state index < -0.39 is 0 Å². The molecule has 0 aromatic carbocycles. The van der Waals surface area contributed by atoms with E-state index in [4.69, 9.17) is 0 Å². The fourth-order valence-electron chi connectivity index (χ4n) is 1.38. The molecular formula is C16H25. The van der Waals surface area contributed by atoms with Crippen LogP contribution in [0.25, 0.3) is 0 Å². The highest BCUT2D eigenvalue weighted by atomic mass is 13.9. The molecule has 0 heteroatoms. The maximum absolute atomic E-state index is 3.84. The van der Waals surface area contributed by atoms with Gasteiger partial charge in [0.2, 0.25) is 0 Å². The molecular weight excluding hydrogens is 192 g/mol. The summed E-state index contributed by atoms with van der Waals surface area (Å²) < 4.78 is 0. The molecule has 0 aliphatic carbocycles. The van der Waals surface area contributed by atoms with Crippen molar-refractivity contribution in [3.8, 4) is 0 Å². The van der Waals surface area contributed by atoms with Crippen LogP contribution in [0.4, 0.5) is 0 Å². The van der Waals surface area contributed by atoms with Crippen molar-refractivity contribution in [2.75, 3.05) is 0 Å². The molecule has 0 aromatic heterocycles. The Bertz CT molecular complexity index is 218. The van der Waals surface area contributed by atoms with Crippen LogP contribution in [0, 0.1) is 6.92 Å². The van der Waals surface area contributed by atoms with Crippen LogP contribution < -0.4 is 0 Å². The Balaban J connectivity index is 3.26. The molecule has 0 aliphatic rings. The first kappa shape index (κ1) is 15.0. The van der Waals surface area contributed by atoms with E-state index in [0.717, 1.165) is 12.8 Å². The van der Waals surface area contributed by atoms with E-state index >= 15 is 0 Å². The largest absolute Gasteiger partial charge is 0.0991 e. The molecule has 0 rings (SSSR count). The Hall–Kier alpha value is -1.04. The molecule has 16 heavy (non-hydrogen) atoms. The smallest absolute Gasteiger partial charge is 0.0163 e. The Kier molecular flexibility index (Phi) is 13.1. The van der Waals surface area contributed by atoms with Gasteiger partial charge in [-0.2, -0.15) is 0 Å². The zero-order valence-corrected chi connectivity index (χ0v) is 10.4. The summed E-state index contributed by atoms with van der Waals surface area (Å²) in [5, 5.41) is 0. The summed E-state index contributed by atoms with van der Waals surface area (Å²) in [6.07, 6.45) is 23.0. The highest BCUT2D eigenvalue weighted by Crippen LogP contribution is 2.05. The van der Waals surface area contributed by atoms with Gasteiger partial charge in [0, 0.05) is 0 Å². The van der Waals surface area contributed by atoms with Crippen LogP contribution in [0.15, 0.2) is 49.1 Å². The Morgan fingerprint density at radius 3 is 2.19 bits per heavy atom. The normalized spacial score (nSPS) is 12.1. The summed E-state index contributed by atoms with van der Waals surface area (Å²) in [5.74, 6) is 0. The SMILES string of the molecule is [CH2]CCCCCC/C=C/C=C/C/C=C/C=C. The van der Waals surface area contributed by atoms with Gasteiger partial charge < -0.3 is 0 Å². The van der Waals surface area contributed by atoms with Gasteiger partial charge in [0.15, 0.2) is 0 Å². The zero-order valence-electron chi connectivity index (χ0n) is 10.4. The highest BCUT2D eigenvalue weighted by Gasteiger charge is 1.85. The van der Waals surface area contributed by atoms with Crippen LogP contribution in [0.3, 0.4) is 0 Å². The van der Waals surface area contributed by atoms with Crippen LogP contribution in [0.5, 0.6) is 0 Å². The minimum atomic E-state index is 0.986. The fourth-order valence-corrected chi connectivity index (χ4v) is 1.38. The predicted molar refractivity (Wildman–Crippen MR) is 75.3 cm³/mol. The quantitative estimate of drug-likeness (QED) is 0.339. The summed E-state index contributed by atoms with van der Waals surface area (Å²) in [6, 6.07) is 0. The second-order valence-corrected chi connectivity index (χ2v) is 3.81. The molecule has 0 nitrogen and oxygen atoms in total. The van der Waals surface area contributed by atoms with Crippen LogP contribution in [0.2, 0.25) is 0 Å². The van der Waals surface area contributed by atoms with Gasteiger partial charge in [-0.05, 0) is 19.3 Å². The molecule has 89 valence electrons. The molecule has 0 aliphatic heterocycles. The van der Waals surface area contributed by atoms with Gasteiger partial charge in [-0.15, -0.1) is 0 Å². The minimum Gasteiger partial charge on any atom is -0.0991 e. The summed E-state index contributed by atoms with van der Waals surface area (Å²) in [5.41, 5.74) is 0. The minimum absolute atomic E-state index is 0.986. The third-order valence-corrected chi connectivity index (χ3v) is 2.30. The van der Waals surface area contributed by atoms with Crippen LogP contribution in [-0.4, -0.2) is 0 Å². The topological polar surface area (TPSA) is 0 Å². The maximum Gasteiger partial charge on any atom is -0.0163 e. The van der Waals surface area contributed by atoms with Crippen molar-refractivity contribution in [3.63, 3.8) is 0 Å². The van der Waals surface area contributed by atoms with Crippen molar-refractivity contribution >= 4 is 0 Å². The Labute approximate surface area is 101 Å². The van der Waals surface area contributed by atoms with Gasteiger partial charge in [-0.25, -0.2) is 0 Å². The summed E-state index contributed by atoms with van der Waals surface area (Å²) in [7, 11) is 0.